The summed E-state index contributed by atoms with van der Waals surface area (Å²) in [6.07, 6.45) is 9.33. The van der Waals surface area contributed by atoms with E-state index in [1.165, 1.54) is 0 Å². The second-order valence-electron chi connectivity index (χ2n) is 2.20. The minimum absolute atomic E-state index is 0.128. The number of nitrogens with zero attached hydrogens (tertiary/aromatic N) is 1. The SMILES string of the molecule is CC1(S)C=CC=NC=C1. The molecule has 0 aromatic rings. The van der Waals surface area contributed by atoms with Crippen molar-refractivity contribution in [3.8, 4) is 0 Å². The Morgan fingerprint density at radius 3 is 3.00 bits per heavy atom. The Morgan fingerprint density at radius 1 is 1.44 bits per heavy atom. The van der Waals surface area contributed by atoms with Crippen molar-refractivity contribution in [3.05, 3.63) is 24.4 Å². The summed E-state index contributed by atoms with van der Waals surface area (Å²) in [5.74, 6) is 0. The van der Waals surface area contributed by atoms with Gasteiger partial charge in [0.15, 0.2) is 0 Å². The summed E-state index contributed by atoms with van der Waals surface area (Å²) >= 11 is 4.33. The van der Waals surface area contributed by atoms with Crippen LogP contribution in [0.15, 0.2) is 29.4 Å². The first-order chi connectivity index (χ1) is 4.21. The number of rotatable bonds is 0. The molecule has 48 valence electrons. The van der Waals surface area contributed by atoms with Crippen LogP contribution in [0.3, 0.4) is 0 Å². The zero-order valence-electron chi connectivity index (χ0n) is 5.28. The quantitative estimate of drug-likeness (QED) is 0.492. The largest absolute Gasteiger partial charge is 0.265 e. The summed E-state index contributed by atoms with van der Waals surface area (Å²) in [6.45, 7) is 2.01. The van der Waals surface area contributed by atoms with Gasteiger partial charge in [-0.05, 0) is 19.1 Å². The molecular formula is C7H9NS. The van der Waals surface area contributed by atoms with E-state index in [0.717, 1.165) is 0 Å². The minimum Gasteiger partial charge on any atom is -0.265 e. The molecule has 0 saturated carbocycles. The molecule has 1 aliphatic heterocycles. The van der Waals surface area contributed by atoms with Crippen molar-refractivity contribution >= 4 is 18.8 Å². The Balaban J connectivity index is 2.82. The first-order valence-corrected chi connectivity index (χ1v) is 3.26. The minimum atomic E-state index is -0.128. The van der Waals surface area contributed by atoms with E-state index in [1.54, 1.807) is 12.4 Å². The van der Waals surface area contributed by atoms with Crippen molar-refractivity contribution in [1.82, 2.24) is 0 Å². The fourth-order valence-electron chi connectivity index (χ4n) is 0.587. The monoisotopic (exact) mass is 139 g/mol. The van der Waals surface area contributed by atoms with E-state index in [0.29, 0.717) is 0 Å². The maximum atomic E-state index is 4.33. The lowest BCUT2D eigenvalue weighted by Crippen LogP contribution is -2.06. The van der Waals surface area contributed by atoms with Crippen LogP contribution in [0.2, 0.25) is 0 Å². The molecule has 1 rings (SSSR count). The average molecular weight is 139 g/mol. The van der Waals surface area contributed by atoms with Gasteiger partial charge in [0.25, 0.3) is 0 Å². The van der Waals surface area contributed by atoms with Gasteiger partial charge < -0.3 is 0 Å². The summed E-state index contributed by atoms with van der Waals surface area (Å²) in [4.78, 5) is 3.93. The molecule has 9 heavy (non-hydrogen) atoms. The maximum absolute atomic E-state index is 4.33. The van der Waals surface area contributed by atoms with Crippen LogP contribution in [-0.4, -0.2) is 11.0 Å². The zero-order chi connectivity index (χ0) is 6.74. The lowest BCUT2D eigenvalue weighted by Gasteiger charge is -2.10. The molecule has 1 nitrogen and oxygen atoms in total. The predicted octanol–water partition coefficient (Wildman–Crippen LogP) is 1.83. The van der Waals surface area contributed by atoms with Crippen LogP contribution in [0.5, 0.6) is 0 Å². The molecule has 1 atom stereocenters. The lowest BCUT2D eigenvalue weighted by atomic mass is 10.1. The number of hydrogen-bond acceptors (Lipinski definition) is 2. The van der Waals surface area contributed by atoms with Crippen molar-refractivity contribution in [2.24, 2.45) is 4.99 Å². The van der Waals surface area contributed by atoms with E-state index in [4.69, 9.17) is 0 Å². The lowest BCUT2D eigenvalue weighted by molar-refractivity contribution is 1.02. The highest BCUT2D eigenvalue weighted by atomic mass is 32.1. The first-order valence-electron chi connectivity index (χ1n) is 2.82. The normalized spacial score (nSPS) is 32.7. The van der Waals surface area contributed by atoms with Gasteiger partial charge in [-0.15, -0.1) is 0 Å². The Labute approximate surface area is 60.6 Å². The first kappa shape index (κ1) is 6.62. The standard InChI is InChI=1S/C7H9NS/c1-7(9)3-2-5-8-6-4-7/h2-6,9H,1H3. The predicted molar refractivity (Wildman–Crippen MR) is 44.2 cm³/mol. The van der Waals surface area contributed by atoms with E-state index in [-0.39, 0.29) is 4.75 Å². The fraction of sp³-hybridized carbons (Fsp3) is 0.286. The molecule has 0 aromatic heterocycles. The van der Waals surface area contributed by atoms with Crippen LogP contribution in [0, 0.1) is 0 Å². The van der Waals surface area contributed by atoms with E-state index in [2.05, 4.69) is 17.6 Å². The molecule has 0 saturated heterocycles. The van der Waals surface area contributed by atoms with Crippen LogP contribution in [0.4, 0.5) is 0 Å². The molecule has 0 fully saturated rings. The van der Waals surface area contributed by atoms with E-state index in [1.807, 2.05) is 25.2 Å². The molecule has 0 spiro atoms. The fourth-order valence-corrected chi connectivity index (χ4v) is 0.739. The number of aliphatic imine (C=N–C) groups is 1. The van der Waals surface area contributed by atoms with E-state index < -0.39 is 0 Å². The van der Waals surface area contributed by atoms with Crippen molar-refractivity contribution in [2.45, 2.75) is 11.7 Å². The van der Waals surface area contributed by atoms with Crippen molar-refractivity contribution in [2.75, 3.05) is 0 Å². The third-order valence-corrected chi connectivity index (χ3v) is 1.40. The maximum Gasteiger partial charge on any atom is 0.0481 e. The third-order valence-electron chi connectivity index (χ3n) is 1.10. The smallest absolute Gasteiger partial charge is 0.0481 e. The van der Waals surface area contributed by atoms with Crippen molar-refractivity contribution in [3.63, 3.8) is 0 Å². The Hall–Kier alpha value is -0.500. The molecule has 1 heterocycles. The molecule has 0 aliphatic carbocycles. The van der Waals surface area contributed by atoms with Gasteiger partial charge in [0, 0.05) is 17.2 Å². The second-order valence-corrected chi connectivity index (χ2v) is 3.16. The van der Waals surface area contributed by atoms with Gasteiger partial charge in [-0.3, -0.25) is 4.99 Å². The summed E-state index contributed by atoms with van der Waals surface area (Å²) in [5, 5.41) is 0. The number of allylic oxidation sites excluding steroid dienone is 1. The molecule has 0 aromatic carbocycles. The van der Waals surface area contributed by atoms with Crippen molar-refractivity contribution < 1.29 is 0 Å². The van der Waals surface area contributed by atoms with Gasteiger partial charge in [0.05, 0.1) is 0 Å². The summed E-state index contributed by atoms with van der Waals surface area (Å²) in [5.41, 5.74) is 0. The Bertz CT molecular complexity index is 159. The molecular weight excluding hydrogens is 130 g/mol. The second kappa shape index (κ2) is 2.40. The van der Waals surface area contributed by atoms with Gasteiger partial charge in [-0.25, -0.2) is 0 Å². The zero-order valence-corrected chi connectivity index (χ0v) is 6.18. The Kier molecular flexibility index (Phi) is 1.76. The molecule has 2 heteroatoms. The molecule has 1 aliphatic rings. The van der Waals surface area contributed by atoms with E-state index in [9.17, 15) is 0 Å². The molecule has 1 unspecified atom stereocenters. The van der Waals surface area contributed by atoms with Crippen LogP contribution in [-0.2, 0) is 0 Å². The Morgan fingerprint density at radius 2 is 2.22 bits per heavy atom. The van der Waals surface area contributed by atoms with Crippen molar-refractivity contribution in [1.29, 1.82) is 0 Å². The van der Waals surface area contributed by atoms with Gasteiger partial charge in [0.2, 0.25) is 0 Å². The van der Waals surface area contributed by atoms with Crippen LogP contribution in [0.25, 0.3) is 0 Å². The highest BCUT2D eigenvalue weighted by molar-refractivity contribution is 7.82. The summed E-state index contributed by atoms with van der Waals surface area (Å²) in [6, 6.07) is 0. The molecule has 0 radical (unpaired) electrons. The number of hydrogen-bond donors (Lipinski definition) is 1. The molecule has 0 N–H and O–H groups in total. The van der Waals surface area contributed by atoms with Gasteiger partial charge >= 0.3 is 0 Å². The van der Waals surface area contributed by atoms with Crippen LogP contribution in [0.1, 0.15) is 6.92 Å². The summed E-state index contributed by atoms with van der Waals surface area (Å²) in [7, 11) is 0. The highest BCUT2D eigenvalue weighted by Crippen LogP contribution is 2.17. The van der Waals surface area contributed by atoms with E-state index >= 15 is 0 Å². The van der Waals surface area contributed by atoms with Gasteiger partial charge in [0.1, 0.15) is 0 Å². The van der Waals surface area contributed by atoms with Crippen LogP contribution >= 0.6 is 12.6 Å². The molecule has 0 bridgehead atoms. The van der Waals surface area contributed by atoms with Gasteiger partial charge in [-0.1, -0.05) is 6.08 Å². The number of thiol groups is 1. The third kappa shape index (κ3) is 2.06. The van der Waals surface area contributed by atoms with Gasteiger partial charge in [-0.2, -0.15) is 12.6 Å². The summed E-state index contributed by atoms with van der Waals surface area (Å²) < 4.78 is -0.128. The van der Waals surface area contributed by atoms with Crippen LogP contribution < -0.4 is 0 Å². The molecule has 0 amide bonds. The highest BCUT2D eigenvalue weighted by Gasteiger charge is 2.09. The average Bonchev–Trinajstić information content (AvgIpc) is 1.92. The topological polar surface area (TPSA) is 12.4 Å².